The van der Waals surface area contributed by atoms with Crippen LogP contribution in [0.25, 0.3) is 10.9 Å². The maximum atomic E-state index is 9.33. The quantitative estimate of drug-likeness (QED) is 0.774. The van der Waals surface area contributed by atoms with Gasteiger partial charge in [-0.2, -0.15) is 5.26 Å². The first-order valence-corrected chi connectivity index (χ1v) is 7.84. The lowest BCUT2D eigenvalue weighted by Gasteiger charge is -2.11. The van der Waals surface area contributed by atoms with Gasteiger partial charge in [-0.3, -0.25) is 0 Å². The monoisotopic (exact) mass is 318 g/mol. The number of ether oxygens (including phenoxy) is 1. The summed E-state index contributed by atoms with van der Waals surface area (Å²) in [5.74, 6) is 0.852. The third-order valence-electron chi connectivity index (χ3n) is 3.73. The van der Waals surface area contributed by atoms with Crippen LogP contribution in [0, 0.1) is 18.3 Å². The number of nitriles is 1. The predicted molar refractivity (Wildman–Crippen MR) is 93.9 cm³/mol. The molecule has 3 rings (SSSR count). The lowest BCUT2D eigenvalue weighted by Crippen LogP contribution is -2.05. The van der Waals surface area contributed by atoms with Gasteiger partial charge < -0.3 is 10.1 Å². The van der Waals surface area contributed by atoms with Gasteiger partial charge in [-0.05, 0) is 43.7 Å². The number of hydrogen-bond acceptors (Lipinski definition) is 5. The Kier molecular flexibility index (Phi) is 4.57. The van der Waals surface area contributed by atoms with Gasteiger partial charge in [0.25, 0.3) is 0 Å². The van der Waals surface area contributed by atoms with Crippen LogP contribution in [0.4, 0.5) is 5.69 Å². The minimum atomic E-state index is 0.305. The van der Waals surface area contributed by atoms with E-state index in [1.54, 1.807) is 0 Å². The molecule has 0 aliphatic rings. The van der Waals surface area contributed by atoms with Gasteiger partial charge in [0.15, 0.2) is 5.69 Å². The largest absolute Gasteiger partial charge is 0.494 e. The molecule has 0 aliphatic heterocycles. The highest BCUT2D eigenvalue weighted by Gasteiger charge is 2.10. The van der Waals surface area contributed by atoms with E-state index in [9.17, 15) is 5.26 Å². The van der Waals surface area contributed by atoms with Gasteiger partial charge in [-0.1, -0.05) is 23.8 Å². The van der Waals surface area contributed by atoms with Gasteiger partial charge in [0.05, 0.1) is 17.8 Å². The first-order chi connectivity index (χ1) is 11.7. The van der Waals surface area contributed by atoms with Crippen LogP contribution in [-0.4, -0.2) is 16.8 Å². The van der Waals surface area contributed by atoms with Gasteiger partial charge in [0.2, 0.25) is 0 Å². The summed E-state index contributed by atoms with van der Waals surface area (Å²) in [7, 11) is 0. The number of hydrogen-bond donors (Lipinski definition) is 1. The minimum absolute atomic E-state index is 0.305. The molecule has 0 saturated carbocycles. The molecule has 120 valence electrons. The fourth-order valence-electron chi connectivity index (χ4n) is 2.54. The number of anilines is 1. The van der Waals surface area contributed by atoms with E-state index in [4.69, 9.17) is 4.74 Å². The summed E-state index contributed by atoms with van der Waals surface area (Å²) in [4.78, 5) is 0. The van der Waals surface area contributed by atoms with Crippen LogP contribution in [0.1, 0.15) is 23.7 Å². The van der Waals surface area contributed by atoms with Crippen molar-refractivity contribution in [1.29, 1.82) is 5.26 Å². The van der Waals surface area contributed by atoms with E-state index in [0.29, 0.717) is 18.8 Å². The fourth-order valence-corrected chi connectivity index (χ4v) is 2.54. The van der Waals surface area contributed by atoms with E-state index in [2.05, 4.69) is 21.6 Å². The van der Waals surface area contributed by atoms with Crippen molar-refractivity contribution in [2.75, 3.05) is 11.9 Å². The second kappa shape index (κ2) is 6.97. The molecule has 1 heterocycles. The van der Waals surface area contributed by atoms with E-state index in [-0.39, 0.29) is 0 Å². The normalized spacial score (nSPS) is 10.4. The molecule has 0 unspecified atom stereocenters. The molecule has 0 amide bonds. The highest BCUT2D eigenvalue weighted by Crippen LogP contribution is 2.25. The lowest BCUT2D eigenvalue weighted by molar-refractivity contribution is 0.340. The van der Waals surface area contributed by atoms with E-state index in [0.717, 1.165) is 33.5 Å². The molecule has 1 aromatic heterocycles. The summed E-state index contributed by atoms with van der Waals surface area (Å²) in [6.07, 6.45) is 0. The van der Waals surface area contributed by atoms with Gasteiger partial charge in [0, 0.05) is 11.9 Å². The number of fused-ring (bicyclic) bond motifs is 1. The summed E-state index contributed by atoms with van der Waals surface area (Å²) in [6.45, 7) is 5.22. The molecule has 1 N–H and O–H groups in total. The van der Waals surface area contributed by atoms with Crippen LogP contribution in [-0.2, 0) is 6.54 Å². The summed E-state index contributed by atoms with van der Waals surface area (Å²) < 4.78 is 5.45. The number of nitrogens with zero attached hydrogens (tertiary/aromatic N) is 3. The van der Waals surface area contributed by atoms with E-state index in [1.165, 1.54) is 0 Å². The molecule has 0 aliphatic carbocycles. The number of aryl methyl sites for hydroxylation is 1. The highest BCUT2D eigenvalue weighted by atomic mass is 16.5. The topological polar surface area (TPSA) is 70.8 Å². The van der Waals surface area contributed by atoms with Gasteiger partial charge in [0.1, 0.15) is 11.8 Å². The average Bonchev–Trinajstić information content (AvgIpc) is 2.61. The van der Waals surface area contributed by atoms with Crippen molar-refractivity contribution in [1.82, 2.24) is 10.2 Å². The maximum absolute atomic E-state index is 9.33. The van der Waals surface area contributed by atoms with Crippen LogP contribution in [0.15, 0.2) is 42.5 Å². The lowest BCUT2D eigenvalue weighted by atomic mass is 10.1. The molecule has 24 heavy (non-hydrogen) atoms. The van der Waals surface area contributed by atoms with Crippen LogP contribution >= 0.6 is 0 Å². The van der Waals surface area contributed by atoms with Crippen molar-refractivity contribution in [2.45, 2.75) is 20.4 Å². The Morgan fingerprint density at radius 1 is 1.12 bits per heavy atom. The van der Waals surface area contributed by atoms with Crippen molar-refractivity contribution in [3.05, 3.63) is 59.3 Å². The first-order valence-electron chi connectivity index (χ1n) is 7.84. The molecular formula is C19H18N4O. The SMILES string of the molecule is CCOc1ccc(CNc2c(C#N)nnc3ccc(C)cc23)cc1. The molecule has 5 heteroatoms. The van der Waals surface area contributed by atoms with E-state index >= 15 is 0 Å². The minimum Gasteiger partial charge on any atom is -0.494 e. The molecule has 0 bridgehead atoms. The summed E-state index contributed by atoms with van der Waals surface area (Å²) >= 11 is 0. The zero-order valence-corrected chi connectivity index (χ0v) is 13.7. The summed E-state index contributed by atoms with van der Waals surface area (Å²) in [6, 6.07) is 15.9. The molecule has 3 aromatic rings. The van der Waals surface area contributed by atoms with Crippen LogP contribution in [0.5, 0.6) is 5.75 Å². The number of nitrogens with one attached hydrogen (secondary N) is 1. The third kappa shape index (κ3) is 3.28. The smallest absolute Gasteiger partial charge is 0.186 e. The summed E-state index contributed by atoms with van der Waals surface area (Å²) in [5, 5.41) is 21.7. The van der Waals surface area contributed by atoms with Gasteiger partial charge >= 0.3 is 0 Å². The van der Waals surface area contributed by atoms with Crippen LogP contribution < -0.4 is 10.1 Å². The number of benzene rings is 2. The molecular weight excluding hydrogens is 300 g/mol. The number of aromatic nitrogens is 2. The molecule has 0 saturated heterocycles. The Hall–Kier alpha value is -3.13. The molecule has 0 radical (unpaired) electrons. The Morgan fingerprint density at radius 2 is 1.92 bits per heavy atom. The van der Waals surface area contributed by atoms with Crippen molar-refractivity contribution < 1.29 is 4.74 Å². The summed E-state index contributed by atoms with van der Waals surface area (Å²) in [5.41, 5.74) is 4.01. The van der Waals surface area contributed by atoms with Gasteiger partial charge in [-0.15, -0.1) is 10.2 Å². The fraction of sp³-hybridized carbons (Fsp3) is 0.211. The number of rotatable bonds is 5. The maximum Gasteiger partial charge on any atom is 0.186 e. The highest BCUT2D eigenvalue weighted by molar-refractivity contribution is 5.93. The molecule has 0 fully saturated rings. The predicted octanol–water partition coefficient (Wildman–Crippen LogP) is 3.82. The van der Waals surface area contributed by atoms with Crippen molar-refractivity contribution in [3.8, 4) is 11.8 Å². The zero-order valence-electron chi connectivity index (χ0n) is 13.7. The Balaban J connectivity index is 1.88. The van der Waals surface area contributed by atoms with E-state index < -0.39 is 0 Å². The second-order valence-electron chi connectivity index (χ2n) is 5.49. The van der Waals surface area contributed by atoms with Crippen molar-refractivity contribution >= 4 is 16.6 Å². The zero-order chi connectivity index (χ0) is 16.9. The molecule has 2 aromatic carbocycles. The third-order valence-corrected chi connectivity index (χ3v) is 3.73. The molecule has 5 nitrogen and oxygen atoms in total. The standard InChI is InChI=1S/C19H18N4O/c1-3-24-15-7-5-14(6-8-15)12-21-19-16-10-13(2)4-9-17(16)22-23-18(19)11-20/h4-10H,3,12H2,1-2H3,(H,21,22). The second-order valence-corrected chi connectivity index (χ2v) is 5.49. The molecule has 0 atom stereocenters. The Morgan fingerprint density at radius 3 is 2.62 bits per heavy atom. The molecule has 0 spiro atoms. The van der Waals surface area contributed by atoms with Crippen LogP contribution in [0.2, 0.25) is 0 Å². The van der Waals surface area contributed by atoms with Crippen LogP contribution in [0.3, 0.4) is 0 Å². The van der Waals surface area contributed by atoms with Gasteiger partial charge in [-0.25, -0.2) is 0 Å². The van der Waals surface area contributed by atoms with E-state index in [1.807, 2.05) is 56.3 Å². The average molecular weight is 318 g/mol. The van der Waals surface area contributed by atoms with Crippen molar-refractivity contribution in [2.24, 2.45) is 0 Å². The Labute approximate surface area is 140 Å². The Bertz CT molecular complexity index is 898. The van der Waals surface area contributed by atoms with Crippen molar-refractivity contribution in [3.63, 3.8) is 0 Å². The first kappa shape index (κ1) is 15.8.